The van der Waals surface area contributed by atoms with E-state index in [1.807, 2.05) is 0 Å². The lowest BCUT2D eigenvalue weighted by Crippen LogP contribution is -2.01. The molecule has 4 nitrogen and oxygen atoms in total. The van der Waals surface area contributed by atoms with Gasteiger partial charge in [0, 0.05) is 16.1 Å². The standard InChI is InChI=1S/C14H11BrFNO3/c1-9-2-5-14(13(6-9)17(18)19)20-8-10-3-4-11(15)7-12(10)16/h2-7H,8H2,1H3. The average molecular weight is 340 g/mol. The fourth-order valence-electron chi connectivity index (χ4n) is 1.69. The van der Waals surface area contributed by atoms with E-state index < -0.39 is 10.7 Å². The summed E-state index contributed by atoms with van der Waals surface area (Å²) in [6, 6.07) is 9.23. The lowest BCUT2D eigenvalue weighted by molar-refractivity contribution is -0.386. The molecule has 0 aliphatic rings. The molecule has 0 aromatic heterocycles. The molecular formula is C14H11BrFNO3. The van der Waals surface area contributed by atoms with Crippen LogP contribution in [0.25, 0.3) is 0 Å². The zero-order chi connectivity index (χ0) is 14.7. The average Bonchev–Trinajstić information content (AvgIpc) is 2.38. The highest BCUT2D eigenvalue weighted by atomic mass is 79.9. The predicted octanol–water partition coefficient (Wildman–Crippen LogP) is 4.38. The second-order valence-electron chi connectivity index (χ2n) is 4.25. The molecule has 0 bridgehead atoms. The van der Waals surface area contributed by atoms with E-state index in [4.69, 9.17) is 4.74 Å². The molecule has 0 N–H and O–H groups in total. The number of ether oxygens (including phenoxy) is 1. The Kier molecular flexibility index (Phi) is 4.34. The molecule has 104 valence electrons. The van der Waals surface area contributed by atoms with Crippen LogP contribution in [-0.4, -0.2) is 4.92 Å². The molecule has 2 rings (SSSR count). The van der Waals surface area contributed by atoms with Crippen LogP contribution in [-0.2, 0) is 6.61 Å². The maximum atomic E-state index is 13.6. The van der Waals surface area contributed by atoms with Crippen LogP contribution in [0.5, 0.6) is 5.75 Å². The van der Waals surface area contributed by atoms with Crippen molar-refractivity contribution in [2.45, 2.75) is 13.5 Å². The van der Waals surface area contributed by atoms with Gasteiger partial charge < -0.3 is 4.74 Å². The minimum absolute atomic E-state index is 0.0665. The zero-order valence-electron chi connectivity index (χ0n) is 10.6. The molecule has 0 amide bonds. The van der Waals surface area contributed by atoms with Crippen LogP contribution in [0, 0.1) is 22.9 Å². The Bertz CT molecular complexity index is 661. The Morgan fingerprint density at radius 1 is 1.30 bits per heavy atom. The number of benzene rings is 2. The molecule has 0 atom stereocenters. The smallest absolute Gasteiger partial charge is 0.311 e. The van der Waals surface area contributed by atoms with E-state index in [0.717, 1.165) is 5.56 Å². The zero-order valence-corrected chi connectivity index (χ0v) is 12.2. The third-order valence-electron chi connectivity index (χ3n) is 2.71. The van der Waals surface area contributed by atoms with Gasteiger partial charge in [-0.2, -0.15) is 0 Å². The normalized spacial score (nSPS) is 10.3. The molecule has 0 spiro atoms. The van der Waals surface area contributed by atoms with Gasteiger partial charge in [0.2, 0.25) is 0 Å². The van der Waals surface area contributed by atoms with E-state index in [2.05, 4.69) is 15.9 Å². The molecular weight excluding hydrogens is 329 g/mol. The van der Waals surface area contributed by atoms with Crippen molar-refractivity contribution in [3.05, 3.63) is 67.9 Å². The molecule has 0 aliphatic carbocycles. The van der Waals surface area contributed by atoms with Crippen molar-refractivity contribution in [1.82, 2.24) is 0 Å². The molecule has 0 radical (unpaired) electrons. The Labute approximate surface area is 123 Å². The van der Waals surface area contributed by atoms with Crippen LogP contribution >= 0.6 is 15.9 Å². The molecule has 0 aliphatic heterocycles. The highest BCUT2D eigenvalue weighted by Crippen LogP contribution is 2.28. The SMILES string of the molecule is Cc1ccc(OCc2ccc(Br)cc2F)c([N+](=O)[O-])c1. The van der Waals surface area contributed by atoms with Gasteiger partial charge in [-0.25, -0.2) is 4.39 Å². The monoisotopic (exact) mass is 339 g/mol. The number of hydrogen-bond acceptors (Lipinski definition) is 3. The third kappa shape index (κ3) is 3.33. The molecule has 2 aromatic rings. The second kappa shape index (κ2) is 6.00. The summed E-state index contributed by atoms with van der Waals surface area (Å²) < 4.78 is 19.6. The van der Waals surface area contributed by atoms with Crippen LogP contribution in [0.2, 0.25) is 0 Å². The number of nitrogens with zero attached hydrogens (tertiary/aromatic N) is 1. The summed E-state index contributed by atoms with van der Waals surface area (Å²) in [5.41, 5.74) is 0.976. The van der Waals surface area contributed by atoms with Crippen molar-refractivity contribution in [2.75, 3.05) is 0 Å². The maximum absolute atomic E-state index is 13.6. The van der Waals surface area contributed by atoms with E-state index in [1.165, 1.54) is 18.2 Å². The minimum Gasteiger partial charge on any atom is -0.482 e. The topological polar surface area (TPSA) is 52.4 Å². The first-order valence-electron chi connectivity index (χ1n) is 5.79. The molecule has 6 heteroatoms. The number of rotatable bonds is 4. The number of nitro groups is 1. The van der Waals surface area contributed by atoms with Crippen molar-refractivity contribution in [3.63, 3.8) is 0 Å². The van der Waals surface area contributed by atoms with Gasteiger partial charge in [0.15, 0.2) is 5.75 Å². The van der Waals surface area contributed by atoms with Crippen molar-refractivity contribution in [2.24, 2.45) is 0 Å². The highest BCUT2D eigenvalue weighted by Gasteiger charge is 2.15. The van der Waals surface area contributed by atoms with Gasteiger partial charge in [0.1, 0.15) is 12.4 Å². The van der Waals surface area contributed by atoms with E-state index in [-0.39, 0.29) is 18.0 Å². The van der Waals surface area contributed by atoms with Gasteiger partial charge in [-0.15, -0.1) is 0 Å². The quantitative estimate of drug-likeness (QED) is 0.613. The molecule has 0 saturated heterocycles. The summed E-state index contributed by atoms with van der Waals surface area (Å²) in [5.74, 6) is -0.294. The van der Waals surface area contributed by atoms with Crippen LogP contribution in [0.4, 0.5) is 10.1 Å². The second-order valence-corrected chi connectivity index (χ2v) is 5.17. The Hall–Kier alpha value is -1.95. The first-order valence-corrected chi connectivity index (χ1v) is 6.58. The Morgan fingerprint density at radius 3 is 2.70 bits per heavy atom. The highest BCUT2D eigenvalue weighted by molar-refractivity contribution is 9.10. The van der Waals surface area contributed by atoms with E-state index in [0.29, 0.717) is 10.0 Å². The predicted molar refractivity (Wildman–Crippen MR) is 76.3 cm³/mol. The fraction of sp³-hybridized carbons (Fsp3) is 0.143. The molecule has 2 aromatic carbocycles. The van der Waals surface area contributed by atoms with Gasteiger partial charge in [0.05, 0.1) is 4.92 Å². The van der Waals surface area contributed by atoms with Crippen LogP contribution in [0.1, 0.15) is 11.1 Å². The van der Waals surface area contributed by atoms with Gasteiger partial charge in [0.25, 0.3) is 0 Å². The first kappa shape index (κ1) is 14.5. The summed E-state index contributed by atoms with van der Waals surface area (Å²) in [4.78, 5) is 10.4. The maximum Gasteiger partial charge on any atom is 0.311 e. The van der Waals surface area contributed by atoms with E-state index in [1.54, 1.807) is 25.1 Å². The largest absolute Gasteiger partial charge is 0.482 e. The van der Waals surface area contributed by atoms with Crippen LogP contribution < -0.4 is 4.74 Å². The lowest BCUT2D eigenvalue weighted by atomic mass is 10.2. The van der Waals surface area contributed by atoms with Gasteiger partial charge in [-0.3, -0.25) is 10.1 Å². The molecule has 0 fully saturated rings. The molecule has 20 heavy (non-hydrogen) atoms. The summed E-state index contributed by atoms with van der Waals surface area (Å²) in [6.07, 6.45) is 0. The lowest BCUT2D eigenvalue weighted by Gasteiger charge is -2.08. The Morgan fingerprint density at radius 2 is 2.05 bits per heavy atom. The van der Waals surface area contributed by atoms with Gasteiger partial charge >= 0.3 is 5.69 Å². The van der Waals surface area contributed by atoms with Crippen LogP contribution in [0.3, 0.4) is 0 Å². The van der Waals surface area contributed by atoms with E-state index in [9.17, 15) is 14.5 Å². The van der Waals surface area contributed by atoms with Crippen molar-refractivity contribution in [3.8, 4) is 5.75 Å². The molecule has 0 heterocycles. The van der Waals surface area contributed by atoms with Crippen molar-refractivity contribution < 1.29 is 14.1 Å². The van der Waals surface area contributed by atoms with Crippen LogP contribution in [0.15, 0.2) is 40.9 Å². The number of hydrogen-bond donors (Lipinski definition) is 0. The first-order chi connectivity index (χ1) is 9.47. The Balaban J connectivity index is 2.20. The number of halogens is 2. The molecule has 0 saturated carbocycles. The summed E-state index contributed by atoms with van der Waals surface area (Å²) in [7, 11) is 0. The minimum atomic E-state index is -0.514. The number of aryl methyl sites for hydroxylation is 1. The van der Waals surface area contributed by atoms with E-state index >= 15 is 0 Å². The molecule has 0 unspecified atom stereocenters. The fourth-order valence-corrected chi connectivity index (χ4v) is 2.02. The van der Waals surface area contributed by atoms with Crippen molar-refractivity contribution in [1.29, 1.82) is 0 Å². The van der Waals surface area contributed by atoms with Gasteiger partial charge in [-0.05, 0) is 30.7 Å². The third-order valence-corrected chi connectivity index (χ3v) is 3.20. The number of nitro benzene ring substituents is 1. The summed E-state index contributed by atoms with van der Waals surface area (Å²) in [6.45, 7) is 1.69. The summed E-state index contributed by atoms with van der Waals surface area (Å²) in [5, 5.41) is 10.9. The summed E-state index contributed by atoms with van der Waals surface area (Å²) >= 11 is 3.16. The van der Waals surface area contributed by atoms with Gasteiger partial charge in [-0.1, -0.05) is 28.1 Å². The van der Waals surface area contributed by atoms with Crippen molar-refractivity contribution >= 4 is 21.6 Å².